The Morgan fingerprint density at radius 1 is 1.08 bits per heavy atom. The molecule has 2 aromatic heterocycles. The van der Waals surface area contributed by atoms with E-state index >= 15 is 0 Å². The molecule has 0 radical (unpaired) electrons. The predicted molar refractivity (Wildman–Crippen MR) is 88.0 cm³/mol. The van der Waals surface area contributed by atoms with E-state index in [1.54, 1.807) is 0 Å². The first-order valence-corrected chi connectivity index (χ1v) is 8.54. The summed E-state index contributed by atoms with van der Waals surface area (Å²) in [4.78, 5) is 16.8. The zero-order valence-electron chi connectivity index (χ0n) is 13.9. The van der Waals surface area contributed by atoms with Crippen LogP contribution in [-0.4, -0.2) is 52.3 Å². The first-order valence-electron chi connectivity index (χ1n) is 8.54. The molecule has 2 aromatic rings. The van der Waals surface area contributed by atoms with Gasteiger partial charge < -0.3 is 14.3 Å². The maximum Gasteiger partial charge on any atom is 0.276 e. The van der Waals surface area contributed by atoms with E-state index in [0.29, 0.717) is 18.8 Å². The lowest BCUT2D eigenvalue weighted by atomic mass is 9.96. The summed E-state index contributed by atoms with van der Waals surface area (Å²) in [5.74, 6) is 1.77. The van der Waals surface area contributed by atoms with Gasteiger partial charge in [-0.15, -0.1) is 5.10 Å². The minimum atomic E-state index is -0.00320. The highest BCUT2D eigenvalue weighted by Gasteiger charge is 2.29. The molecule has 1 aliphatic carbocycles. The molecule has 7 nitrogen and oxygen atoms in total. The molecule has 0 N–H and O–H groups in total. The fourth-order valence-corrected chi connectivity index (χ4v) is 3.40. The van der Waals surface area contributed by atoms with E-state index in [4.69, 9.17) is 4.52 Å². The highest BCUT2D eigenvalue weighted by atomic mass is 16.5. The minimum Gasteiger partial charge on any atom is -0.360 e. The average molecular weight is 327 g/mol. The van der Waals surface area contributed by atoms with Crippen LogP contribution in [0.4, 0.5) is 5.82 Å². The standard InChI is InChI=1S/C17H21N5O2/c1-12-6-7-15(19-18-12)21-8-10-22(11-9-21)17(23)16-13-4-2-3-5-14(13)24-20-16/h6-7H,2-5,8-11H2,1H3. The van der Waals surface area contributed by atoms with Gasteiger partial charge in [-0.3, -0.25) is 4.79 Å². The number of hydrogen-bond donors (Lipinski definition) is 0. The Hall–Kier alpha value is -2.44. The molecular weight excluding hydrogens is 306 g/mol. The summed E-state index contributed by atoms with van der Waals surface area (Å²) in [6.07, 6.45) is 4.02. The first-order chi connectivity index (χ1) is 11.7. The number of nitrogens with zero attached hydrogens (tertiary/aromatic N) is 5. The summed E-state index contributed by atoms with van der Waals surface area (Å²) >= 11 is 0. The van der Waals surface area contributed by atoms with Crippen molar-refractivity contribution in [3.05, 3.63) is 34.8 Å². The summed E-state index contributed by atoms with van der Waals surface area (Å²) in [5.41, 5.74) is 2.45. The van der Waals surface area contributed by atoms with E-state index in [9.17, 15) is 4.79 Å². The van der Waals surface area contributed by atoms with Crippen LogP contribution in [0.15, 0.2) is 16.7 Å². The molecule has 1 fully saturated rings. The quantitative estimate of drug-likeness (QED) is 0.834. The lowest BCUT2D eigenvalue weighted by Crippen LogP contribution is -2.49. The predicted octanol–water partition coefficient (Wildman–Crippen LogP) is 1.61. The molecule has 4 rings (SSSR count). The lowest BCUT2D eigenvalue weighted by molar-refractivity contribution is 0.0735. The number of carbonyl (C=O) groups excluding carboxylic acids is 1. The van der Waals surface area contributed by atoms with Crippen LogP contribution in [-0.2, 0) is 12.8 Å². The number of piperazine rings is 1. The van der Waals surface area contributed by atoms with Crippen molar-refractivity contribution in [2.45, 2.75) is 32.6 Å². The van der Waals surface area contributed by atoms with Crippen LogP contribution in [0.3, 0.4) is 0 Å². The van der Waals surface area contributed by atoms with E-state index in [0.717, 1.165) is 61.6 Å². The zero-order valence-corrected chi connectivity index (χ0v) is 13.9. The Morgan fingerprint density at radius 2 is 1.88 bits per heavy atom. The molecule has 1 aliphatic heterocycles. The Bertz CT molecular complexity index is 732. The van der Waals surface area contributed by atoms with Gasteiger partial charge in [0.05, 0.1) is 5.69 Å². The molecule has 0 unspecified atom stereocenters. The molecule has 0 spiro atoms. The summed E-state index contributed by atoms with van der Waals surface area (Å²) in [7, 11) is 0. The van der Waals surface area contributed by atoms with Crippen molar-refractivity contribution >= 4 is 11.7 Å². The van der Waals surface area contributed by atoms with Crippen LogP contribution >= 0.6 is 0 Å². The van der Waals surface area contributed by atoms with Crippen LogP contribution in [0.2, 0.25) is 0 Å². The van der Waals surface area contributed by atoms with Crippen LogP contribution in [0.1, 0.15) is 40.3 Å². The van der Waals surface area contributed by atoms with Gasteiger partial charge in [-0.25, -0.2) is 0 Å². The molecule has 0 aromatic carbocycles. The van der Waals surface area contributed by atoms with E-state index in [-0.39, 0.29) is 5.91 Å². The molecule has 24 heavy (non-hydrogen) atoms. The number of aryl methyl sites for hydroxylation is 2. The number of anilines is 1. The second kappa shape index (κ2) is 6.22. The van der Waals surface area contributed by atoms with Gasteiger partial charge in [-0.2, -0.15) is 5.10 Å². The fourth-order valence-electron chi connectivity index (χ4n) is 3.40. The van der Waals surface area contributed by atoms with Crippen LogP contribution in [0.25, 0.3) is 0 Å². The lowest BCUT2D eigenvalue weighted by Gasteiger charge is -2.34. The van der Waals surface area contributed by atoms with Gasteiger partial charge in [0.1, 0.15) is 5.76 Å². The smallest absolute Gasteiger partial charge is 0.276 e. The van der Waals surface area contributed by atoms with Gasteiger partial charge in [0, 0.05) is 38.2 Å². The molecular formula is C17H21N5O2. The van der Waals surface area contributed by atoms with Crippen molar-refractivity contribution < 1.29 is 9.32 Å². The Labute approximate surface area is 140 Å². The van der Waals surface area contributed by atoms with Crippen LogP contribution in [0.5, 0.6) is 0 Å². The van der Waals surface area contributed by atoms with Gasteiger partial charge in [0.2, 0.25) is 0 Å². The van der Waals surface area contributed by atoms with Crippen molar-refractivity contribution in [1.29, 1.82) is 0 Å². The number of amides is 1. The largest absolute Gasteiger partial charge is 0.360 e. The van der Waals surface area contributed by atoms with E-state index in [2.05, 4.69) is 20.3 Å². The van der Waals surface area contributed by atoms with Crippen LogP contribution in [0, 0.1) is 6.92 Å². The van der Waals surface area contributed by atoms with Gasteiger partial charge in [0.15, 0.2) is 11.5 Å². The third kappa shape index (κ3) is 2.74. The van der Waals surface area contributed by atoms with Crippen molar-refractivity contribution in [3.8, 4) is 0 Å². The number of rotatable bonds is 2. The topological polar surface area (TPSA) is 75.4 Å². The number of aromatic nitrogens is 3. The number of hydrogen-bond acceptors (Lipinski definition) is 6. The Balaban J connectivity index is 1.43. The zero-order chi connectivity index (χ0) is 16.5. The molecule has 7 heteroatoms. The normalized spacial score (nSPS) is 17.7. The molecule has 0 bridgehead atoms. The van der Waals surface area contributed by atoms with Gasteiger partial charge in [0.25, 0.3) is 5.91 Å². The molecule has 2 aliphatic rings. The Kier molecular flexibility index (Phi) is 3.92. The first kappa shape index (κ1) is 15.1. The van der Waals surface area contributed by atoms with E-state index in [1.807, 2.05) is 24.0 Å². The molecule has 1 amide bonds. The molecule has 126 valence electrons. The average Bonchev–Trinajstić information content (AvgIpc) is 3.06. The summed E-state index contributed by atoms with van der Waals surface area (Å²) in [6, 6.07) is 3.94. The maximum absolute atomic E-state index is 12.8. The van der Waals surface area contributed by atoms with Crippen molar-refractivity contribution in [3.63, 3.8) is 0 Å². The SMILES string of the molecule is Cc1ccc(N2CCN(C(=O)c3noc4c3CCCC4)CC2)nn1. The second-order valence-electron chi connectivity index (χ2n) is 6.45. The summed E-state index contributed by atoms with van der Waals surface area (Å²) in [6.45, 7) is 4.76. The van der Waals surface area contributed by atoms with Gasteiger partial charge in [-0.05, 0) is 38.3 Å². The van der Waals surface area contributed by atoms with Crippen molar-refractivity contribution in [1.82, 2.24) is 20.3 Å². The highest BCUT2D eigenvalue weighted by Crippen LogP contribution is 2.25. The van der Waals surface area contributed by atoms with E-state index < -0.39 is 0 Å². The minimum absolute atomic E-state index is 0.00320. The maximum atomic E-state index is 12.8. The third-order valence-corrected chi connectivity index (χ3v) is 4.83. The summed E-state index contributed by atoms with van der Waals surface area (Å²) in [5, 5.41) is 12.4. The third-order valence-electron chi connectivity index (χ3n) is 4.83. The molecule has 1 saturated heterocycles. The monoisotopic (exact) mass is 327 g/mol. The van der Waals surface area contributed by atoms with Crippen molar-refractivity contribution in [2.75, 3.05) is 31.1 Å². The van der Waals surface area contributed by atoms with Crippen LogP contribution < -0.4 is 4.90 Å². The summed E-state index contributed by atoms with van der Waals surface area (Å²) < 4.78 is 5.37. The second-order valence-corrected chi connectivity index (χ2v) is 6.45. The van der Waals surface area contributed by atoms with Gasteiger partial charge >= 0.3 is 0 Å². The van der Waals surface area contributed by atoms with E-state index in [1.165, 1.54) is 0 Å². The number of fused-ring (bicyclic) bond motifs is 1. The molecule has 0 atom stereocenters. The van der Waals surface area contributed by atoms with Crippen molar-refractivity contribution in [2.24, 2.45) is 0 Å². The Morgan fingerprint density at radius 3 is 2.62 bits per heavy atom. The molecule has 0 saturated carbocycles. The van der Waals surface area contributed by atoms with Gasteiger partial charge in [-0.1, -0.05) is 5.16 Å². The number of carbonyl (C=O) groups is 1. The fraction of sp³-hybridized carbons (Fsp3) is 0.529. The molecule has 3 heterocycles. The highest BCUT2D eigenvalue weighted by molar-refractivity contribution is 5.94.